The predicted octanol–water partition coefficient (Wildman–Crippen LogP) is 5.94. The average Bonchev–Trinajstić information content (AvgIpc) is 2.83. The van der Waals surface area contributed by atoms with Gasteiger partial charge in [-0.05, 0) is 54.5 Å². The van der Waals surface area contributed by atoms with Crippen molar-refractivity contribution >= 4 is 56.6 Å². The van der Waals surface area contributed by atoms with E-state index in [1.165, 1.54) is 29.3 Å². The minimum absolute atomic E-state index is 0.0615. The quantitative estimate of drug-likeness (QED) is 0.308. The summed E-state index contributed by atoms with van der Waals surface area (Å²) in [6, 6.07) is 20.9. The SMILES string of the molecule is Cc1ccccc1CSCCCNC(=O)CN(c1cccc(Cl)c1Cl)S(=O)(=O)c1ccccc1. The minimum atomic E-state index is -4.04. The van der Waals surface area contributed by atoms with Crippen molar-refractivity contribution in [1.29, 1.82) is 0 Å². The van der Waals surface area contributed by atoms with Crippen LogP contribution in [0, 0.1) is 6.92 Å². The zero-order valence-corrected chi connectivity index (χ0v) is 21.9. The maximum atomic E-state index is 13.4. The molecule has 3 aromatic carbocycles. The molecule has 0 spiro atoms. The van der Waals surface area contributed by atoms with E-state index < -0.39 is 22.5 Å². The minimum Gasteiger partial charge on any atom is -0.354 e. The van der Waals surface area contributed by atoms with Crippen LogP contribution in [0.15, 0.2) is 77.7 Å². The van der Waals surface area contributed by atoms with Crippen molar-refractivity contribution in [1.82, 2.24) is 5.32 Å². The van der Waals surface area contributed by atoms with Crippen molar-refractivity contribution in [3.05, 3.63) is 94.0 Å². The van der Waals surface area contributed by atoms with Crippen molar-refractivity contribution in [2.45, 2.75) is 24.0 Å². The number of amides is 1. The summed E-state index contributed by atoms with van der Waals surface area (Å²) < 4.78 is 27.7. The lowest BCUT2D eigenvalue weighted by atomic mass is 10.1. The monoisotopic (exact) mass is 536 g/mol. The van der Waals surface area contributed by atoms with E-state index in [1.54, 1.807) is 42.1 Å². The Bertz CT molecular complexity index is 1220. The summed E-state index contributed by atoms with van der Waals surface area (Å²) in [6.45, 7) is 2.13. The Hall–Kier alpha value is -2.19. The van der Waals surface area contributed by atoms with Crippen LogP contribution in [-0.2, 0) is 20.6 Å². The molecule has 180 valence electrons. The second kappa shape index (κ2) is 12.5. The summed E-state index contributed by atoms with van der Waals surface area (Å²) in [5, 5.41) is 3.10. The molecule has 34 heavy (non-hydrogen) atoms. The van der Waals surface area contributed by atoms with Gasteiger partial charge in [-0.2, -0.15) is 11.8 Å². The molecule has 5 nitrogen and oxygen atoms in total. The maximum absolute atomic E-state index is 13.4. The van der Waals surface area contributed by atoms with E-state index in [0.29, 0.717) is 6.54 Å². The van der Waals surface area contributed by atoms with Crippen molar-refractivity contribution in [3.63, 3.8) is 0 Å². The number of aryl methyl sites for hydroxylation is 1. The van der Waals surface area contributed by atoms with Crippen LogP contribution >= 0.6 is 35.0 Å². The van der Waals surface area contributed by atoms with E-state index in [1.807, 2.05) is 12.1 Å². The van der Waals surface area contributed by atoms with Gasteiger partial charge in [-0.1, -0.05) is 71.7 Å². The Morgan fingerprint density at radius 3 is 2.41 bits per heavy atom. The van der Waals surface area contributed by atoms with Crippen LogP contribution in [0.1, 0.15) is 17.5 Å². The van der Waals surface area contributed by atoms with Crippen molar-refractivity contribution in [3.8, 4) is 0 Å². The molecular weight excluding hydrogens is 511 g/mol. The molecule has 3 aromatic rings. The topological polar surface area (TPSA) is 66.5 Å². The number of thioether (sulfide) groups is 1. The number of halogens is 2. The molecule has 0 aliphatic rings. The molecule has 3 rings (SSSR count). The lowest BCUT2D eigenvalue weighted by Crippen LogP contribution is -2.41. The molecule has 1 N–H and O–H groups in total. The summed E-state index contributed by atoms with van der Waals surface area (Å²) in [4.78, 5) is 12.8. The van der Waals surface area contributed by atoms with Crippen LogP contribution in [0.4, 0.5) is 5.69 Å². The summed E-state index contributed by atoms with van der Waals surface area (Å²) in [5.41, 5.74) is 2.72. The number of anilines is 1. The number of sulfonamides is 1. The fourth-order valence-electron chi connectivity index (χ4n) is 3.25. The molecule has 0 saturated carbocycles. The summed E-state index contributed by atoms with van der Waals surface area (Å²) in [7, 11) is -4.04. The van der Waals surface area contributed by atoms with Crippen LogP contribution in [0.5, 0.6) is 0 Å². The van der Waals surface area contributed by atoms with Gasteiger partial charge >= 0.3 is 0 Å². The van der Waals surface area contributed by atoms with Crippen LogP contribution in [0.2, 0.25) is 10.0 Å². The van der Waals surface area contributed by atoms with E-state index in [0.717, 1.165) is 22.2 Å². The largest absolute Gasteiger partial charge is 0.354 e. The number of hydrogen-bond donors (Lipinski definition) is 1. The van der Waals surface area contributed by atoms with E-state index >= 15 is 0 Å². The molecule has 0 radical (unpaired) electrons. The lowest BCUT2D eigenvalue weighted by Gasteiger charge is -2.25. The Morgan fingerprint density at radius 2 is 1.68 bits per heavy atom. The zero-order valence-electron chi connectivity index (χ0n) is 18.7. The van der Waals surface area contributed by atoms with E-state index in [-0.39, 0.29) is 20.6 Å². The standard InChI is InChI=1S/C25H26Cl2N2O3S2/c1-19-9-5-6-10-20(19)18-33-16-8-15-28-24(30)17-29(23-14-7-13-22(26)25(23)27)34(31,32)21-11-3-2-4-12-21/h2-7,9-14H,8,15-18H2,1H3,(H,28,30). The molecule has 0 unspecified atom stereocenters. The Kier molecular flexibility index (Phi) is 9.71. The second-order valence-corrected chi connectivity index (χ2v) is 11.3. The van der Waals surface area contributed by atoms with E-state index in [4.69, 9.17) is 23.2 Å². The molecule has 0 aliphatic heterocycles. The smallest absolute Gasteiger partial charge is 0.264 e. The van der Waals surface area contributed by atoms with Gasteiger partial charge in [0.25, 0.3) is 10.0 Å². The lowest BCUT2D eigenvalue weighted by molar-refractivity contribution is -0.119. The fourth-order valence-corrected chi connectivity index (χ4v) is 6.19. The second-order valence-electron chi connectivity index (χ2n) is 7.58. The Labute approximate surface area is 215 Å². The van der Waals surface area contributed by atoms with Gasteiger partial charge in [0.1, 0.15) is 6.54 Å². The predicted molar refractivity (Wildman–Crippen MR) is 142 cm³/mol. The van der Waals surface area contributed by atoms with Gasteiger partial charge in [0.15, 0.2) is 0 Å². The number of carbonyl (C=O) groups is 1. The normalized spacial score (nSPS) is 11.3. The highest BCUT2D eigenvalue weighted by molar-refractivity contribution is 7.98. The van der Waals surface area contributed by atoms with Gasteiger partial charge in [0, 0.05) is 12.3 Å². The van der Waals surface area contributed by atoms with Gasteiger partial charge < -0.3 is 5.32 Å². The third kappa shape index (κ3) is 6.92. The van der Waals surface area contributed by atoms with Gasteiger partial charge in [-0.15, -0.1) is 0 Å². The highest BCUT2D eigenvalue weighted by Gasteiger charge is 2.29. The first-order valence-electron chi connectivity index (χ1n) is 10.7. The third-order valence-corrected chi connectivity index (χ3v) is 8.80. The molecule has 0 aromatic heterocycles. The number of hydrogen-bond acceptors (Lipinski definition) is 4. The molecule has 0 bridgehead atoms. The number of benzene rings is 3. The first-order chi connectivity index (χ1) is 16.3. The molecule has 0 fully saturated rings. The highest BCUT2D eigenvalue weighted by Crippen LogP contribution is 2.35. The first-order valence-corrected chi connectivity index (χ1v) is 14.1. The summed E-state index contributed by atoms with van der Waals surface area (Å²) in [5.74, 6) is 1.37. The van der Waals surface area contributed by atoms with Gasteiger partial charge in [0.2, 0.25) is 5.91 Å². The van der Waals surface area contributed by atoms with Crippen LogP contribution in [0.3, 0.4) is 0 Å². The van der Waals surface area contributed by atoms with E-state index in [9.17, 15) is 13.2 Å². The number of rotatable bonds is 11. The van der Waals surface area contributed by atoms with Gasteiger partial charge in [-0.25, -0.2) is 8.42 Å². The molecule has 0 aliphatic carbocycles. The maximum Gasteiger partial charge on any atom is 0.264 e. The van der Waals surface area contributed by atoms with Crippen molar-refractivity contribution in [2.75, 3.05) is 23.1 Å². The molecule has 0 heterocycles. The van der Waals surface area contributed by atoms with Gasteiger partial charge in [-0.3, -0.25) is 9.10 Å². The molecule has 9 heteroatoms. The van der Waals surface area contributed by atoms with Gasteiger partial charge in [0.05, 0.1) is 20.6 Å². The molecular formula is C25H26Cl2N2O3S2. The summed E-state index contributed by atoms with van der Waals surface area (Å²) in [6.07, 6.45) is 0.769. The number of nitrogens with zero attached hydrogens (tertiary/aromatic N) is 1. The third-order valence-electron chi connectivity index (χ3n) is 5.12. The fraction of sp³-hybridized carbons (Fsp3) is 0.240. The first kappa shape index (κ1) is 26.4. The van der Waals surface area contributed by atoms with Crippen LogP contribution in [-0.4, -0.2) is 33.2 Å². The van der Waals surface area contributed by atoms with Crippen molar-refractivity contribution in [2.24, 2.45) is 0 Å². The number of nitrogens with one attached hydrogen (secondary N) is 1. The zero-order chi connectivity index (χ0) is 24.6. The average molecular weight is 538 g/mol. The highest BCUT2D eigenvalue weighted by atomic mass is 35.5. The molecule has 0 saturated heterocycles. The Balaban J connectivity index is 1.62. The van der Waals surface area contributed by atoms with Crippen LogP contribution < -0.4 is 9.62 Å². The molecule has 1 amide bonds. The Morgan fingerprint density at radius 1 is 0.971 bits per heavy atom. The van der Waals surface area contributed by atoms with Crippen molar-refractivity contribution < 1.29 is 13.2 Å². The summed E-state index contributed by atoms with van der Waals surface area (Å²) >= 11 is 14.2. The molecule has 0 atom stereocenters. The van der Waals surface area contributed by atoms with Crippen LogP contribution in [0.25, 0.3) is 0 Å². The number of carbonyl (C=O) groups excluding carboxylic acids is 1. The van der Waals surface area contributed by atoms with E-state index in [2.05, 4.69) is 24.4 Å².